The third-order valence-corrected chi connectivity index (χ3v) is 17.5. The fourth-order valence-corrected chi connectivity index (χ4v) is 12.9. The van der Waals surface area contributed by atoms with E-state index in [0.717, 1.165) is 44.5 Å². The van der Waals surface area contributed by atoms with E-state index in [4.69, 9.17) is 18.9 Å². The highest BCUT2D eigenvalue weighted by Gasteiger charge is 2.36. The van der Waals surface area contributed by atoms with Crippen LogP contribution in [0.3, 0.4) is 0 Å². The van der Waals surface area contributed by atoms with Gasteiger partial charge in [-0.2, -0.15) is 0 Å². The lowest BCUT2D eigenvalue weighted by Gasteiger charge is -2.27. The SMILES string of the molecule is CC(C)c1cccc(C(C)C)c1NC(=O)c1cc(Oc2ccc(CCO)cc2)c2c3c(Oc4ccc(CCO)cc4)cc(C(=O)O)c4c(C(=O)O)cc(Oc5ccc(CCO)cc5)c(c5c(Oc6ccc(CCO)cc6)cc(C(=O)Nc6c(C(C)C)cccc6C(C)C)c1c25)c43. The summed E-state index contributed by atoms with van der Waals surface area (Å²) in [7, 11) is 0. The molecule has 11 rings (SSSR count). The van der Waals surface area contributed by atoms with E-state index >= 15 is 9.59 Å². The van der Waals surface area contributed by atoms with E-state index in [2.05, 4.69) is 10.6 Å². The van der Waals surface area contributed by atoms with Gasteiger partial charge in [0.25, 0.3) is 11.8 Å². The molecule has 96 heavy (non-hydrogen) atoms. The highest BCUT2D eigenvalue weighted by Crippen LogP contribution is 2.57. The number of aromatic carboxylic acids is 2. The topological polar surface area (TPSA) is 251 Å². The molecule has 8 N–H and O–H groups in total. The average molecular weight is 1290 g/mol. The maximum Gasteiger partial charge on any atom is 0.336 e. The number of carboxylic acids is 2. The fourth-order valence-electron chi connectivity index (χ4n) is 12.9. The van der Waals surface area contributed by atoms with Crippen LogP contribution >= 0.6 is 0 Å². The normalized spacial score (nSPS) is 11.7. The van der Waals surface area contributed by atoms with Crippen molar-refractivity contribution in [2.24, 2.45) is 0 Å². The number of carbonyl (C=O) groups excluding carboxylic acids is 2. The molecule has 0 aromatic heterocycles. The highest BCUT2D eigenvalue weighted by atomic mass is 16.5. The second-order valence-electron chi connectivity index (χ2n) is 25.3. The Morgan fingerprint density at radius 2 is 0.552 bits per heavy atom. The van der Waals surface area contributed by atoms with E-state index in [9.17, 15) is 40.2 Å². The quantitative estimate of drug-likeness (QED) is 0.0186. The van der Waals surface area contributed by atoms with Gasteiger partial charge in [-0.1, -0.05) is 140 Å². The van der Waals surface area contributed by atoms with Crippen molar-refractivity contribution in [1.29, 1.82) is 0 Å². The number of hydrogen-bond acceptors (Lipinski definition) is 12. The van der Waals surface area contributed by atoms with Crippen molar-refractivity contribution in [2.75, 3.05) is 37.1 Å². The monoisotopic (exact) mass is 1290 g/mol. The highest BCUT2D eigenvalue weighted by molar-refractivity contribution is 6.43. The molecule has 0 saturated carbocycles. The van der Waals surface area contributed by atoms with Crippen molar-refractivity contribution in [2.45, 2.75) is 105 Å². The van der Waals surface area contributed by atoms with Crippen LogP contribution in [-0.4, -0.2) is 80.8 Å². The van der Waals surface area contributed by atoms with Gasteiger partial charge in [0.1, 0.15) is 46.0 Å². The van der Waals surface area contributed by atoms with Gasteiger partial charge in [0.15, 0.2) is 0 Å². The largest absolute Gasteiger partial charge is 0.478 e. The van der Waals surface area contributed by atoms with E-state index in [1.807, 2.05) is 91.8 Å². The molecule has 0 aliphatic heterocycles. The molecule has 11 aromatic rings. The summed E-state index contributed by atoms with van der Waals surface area (Å²) in [5.74, 6) is -3.91. The Morgan fingerprint density at radius 3 is 0.771 bits per heavy atom. The standard InChI is InChI=1S/C80H78N2O14/c1-43(2)55-11-9-12-56(44(3)4)75(55)81-77(87)59-39-63(93-51-23-15-47(16-24-51)31-35-83)69-71-65(95-53-27-19-49(20-28-53)33-37-85)41-61(79(89)90)68-62(80(91)92)42-66(96-54-29-21-50(22-30-54)34-38-86)72(74(68)71)70-64(94-52-25-17-48(18-26-52)32-36-84)40-60(67(59)73(69)70)78(88)82-76-57(45(5)6)13-10-14-58(76)46(7)8/h9-30,39-46,83-86H,31-38H2,1-8H3,(H,81,87)(H,82,88)(H,89,90)(H,91,92). The number of anilines is 2. The lowest BCUT2D eigenvalue weighted by molar-refractivity contribution is 0.0695. The van der Waals surface area contributed by atoms with Crippen LogP contribution in [0.25, 0.3) is 43.1 Å². The smallest absolute Gasteiger partial charge is 0.336 e. The van der Waals surface area contributed by atoms with Gasteiger partial charge < -0.3 is 60.2 Å². The number of carboxylic acid groups (broad SMARTS) is 2. The Hall–Kier alpha value is -10.4. The van der Waals surface area contributed by atoms with Gasteiger partial charge in [-0.3, -0.25) is 9.59 Å². The third-order valence-electron chi connectivity index (χ3n) is 17.5. The number of rotatable bonds is 26. The number of fused-ring (bicyclic) bond motifs is 2. The molecule has 0 aliphatic rings. The van der Waals surface area contributed by atoms with Crippen LogP contribution in [0.1, 0.15) is 165 Å². The van der Waals surface area contributed by atoms with E-state index in [1.165, 1.54) is 12.1 Å². The first-order valence-corrected chi connectivity index (χ1v) is 32.4. The zero-order valence-electron chi connectivity index (χ0n) is 54.9. The number of aliphatic hydroxyl groups is 4. The summed E-state index contributed by atoms with van der Waals surface area (Å²) in [6, 6.07) is 45.1. The molecule has 16 nitrogen and oxygen atoms in total. The van der Waals surface area contributed by atoms with Crippen LogP contribution in [0.4, 0.5) is 11.4 Å². The Labute approximate surface area is 556 Å². The molecule has 16 heteroatoms. The van der Waals surface area contributed by atoms with Gasteiger partial charge in [-0.05, 0) is 167 Å². The molecule has 0 unspecified atom stereocenters. The predicted octanol–water partition coefficient (Wildman–Crippen LogP) is 17.4. The van der Waals surface area contributed by atoms with Crippen LogP contribution < -0.4 is 29.6 Å². The van der Waals surface area contributed by atoms with Crippen molar-refractivity contribution >= 4 is 78.2 Å². The lowest BCUT2D eigenvalue weighted by Crippen LogP contribution is -2.20. The molecule has 0 saturated heterocycles. The Bertz CT molecular complexity index is 4390. The second-order valence-corrected chi connectivity index (χ2v) is 25.3. The van der Waals surface area contributed by atoms with E-state index in [-0.39, 0.29) is 150 Å². The maximum absolute atomic E-state index is 16.6. The summed E-state index contributed by atoms with van der Waals surface area (Å²) in [4.78, 5) is 61.6. The molecule has 0 bridgehead atoms. The Kier molecular flexibility index (Phi) is 20.1. The van der Waals surface area contributed by atoms with Gasteiger partial charge >= 0.3 is 11.9 Å². The number of carbonyl (C=O) groups is 4. The van der Waals surface area contributed by atoms with Crippen molar-refractivity contribution in [3.8, 4) is 46.0 Å². The number of para-hydroxylation sites is 2. The summed E-state index contributed by atoms with van der Waals surface area (Å²) in [6.45, 7) is 15.8. The molecule has 492 valence electrons. The van der Waals surface area contributed by atoms with E-state index in [0.29, 0.717) is 37.1 Å². The Morgan fingerprint density at radius 1 is 0.323 bits per heavy atom. The van der Waals surface area contributed by atoms with Crippen LogP contribution in [-0.2, 0) is 25.7 Å². The maximum atomic E-state index is 16.6. The third kappa shape index (κ3) is 13.5. The van der Waals surface area contributed by atoms with Crippen LogP contribution in [0, 0.1) is 0 Å². The number of ether oxygens (including phenoxy) is 4. The molecule has 0 spiro atoms. The molecule has 0 radical (unpaired) electrons. The first-order valence-electron chi connectivity index (χ1n) is 32.4. The summed E-state index contributed by atoms with van der Waals surface area (Å²) in [6.07, 6.45) is 1.32. The number of nitrogens with one attached hydrogen (secondary N) is 2. The first-order chi connectivity index (χ1) is 46.2. The molecule has 0 atom stereocenters. The minimum absolute atomic E-state index is 0.00274. The van der Waals surface area contributed by atoms with Gasteiger partial charge in [0.2, 0.25) is 0 Å². The molecule has 0 fully saturated rings. The number of hydrogen-bond donors (Lipinski definition) is 8. The van der Waals surface area contributed by atoms with Gasteiger partial charge in [0.05, 0.1) is 22.3 Å². The van der Waals surface area contributed by atoms with Crippen LogP contribution in [0.2, 0.25) is 0 Å². The first kappa shape index (κ1) is 67.1. The molecular weight excluding hydrogens is 1210 g/mol. The number of benzene rings is 11. The zero-order chi connectivity index (χ0) is 68.2. The minimum Gasteiger partial charge on any atom is -0.478 e. The van der Waals surface area contributed by atoms with Gasteiger partial charge in [0, 0.05) is 80.9 Å². The van der Waals surface area contributed by atoms with Crippen molar-refractivity contribution in [3.05, 3.63) is 224 Å². The van der Waals surface area contributed by atoms with E-state index < -0.39 is 34.9 Å². The van der Waals surface area contributed by atoms with Crippen LogP contribution in [0.15, 0.2) is 158 Å². The molecule has 0 aliphatic carbocycles. The summed E-state index contributed by atoms with van der Waals surface area (Å²) >= 11 is 0. The summed E-state index contributed by atoms with van der Waals surface area (Å²) in [5.41, 5.74) is 6.63. The molecule has 11 aromatic carbocycles. The van der Waals surface area contributed by atoms with Crippen molar-refractivity contribution in [3.63, 3.8) is 0 Å². The fraction of sp³-hybridized carbons (Fsp3) is 0.250. The molecular formula is C80H78N2O14. The zero-order valence-corrected chi connectivity index (χ0v) is 54.9. The van der Waals surface area contributed by atoms with E-state index in [1.54, 1.807) is 109 Å². The number of aliphatic hydroxyl groups excluding tert-OH is 4. The average Bonchev–Trinajstić information content (AvgIpc) is 0.681. The lowest BCUT2D eigenvalue weighted by atomic mass is 9.82. The molecule has 0 heterocycles. The molecule has 2 amide bonds. The van der Waals surface area contributed by atoms with Gasteiger partial charge in [-0.15, -0.1) is 0 Å². The summed E-state index contributed by atoms with van der Waals surface area (Å²) in [5, 5.41) is 70.1. The second kappa shape index (κ2) is 28.7. The van der Waals surface area contributed by atoms with Crippen molar-refractivity contribution < 1.29 is 68.8 Å². The van der Waals surface area contributed by atoms with Crippen LogP contribution in [0.5, 0.6) is 46.0 Å². The Balaban J connectivity index is 1.42. The number of amides is 2. The van der Waals surface area contributed by atoms with Gasteiger partial charge in [-0.25, -0.2) is 9.59 Å². The minimum atomic E-state index is -1.51. The summed E-state index contributed by atoms with van der Waals surface area (Å²) < 4.78 is 28.4. The van der Waals surface area contributed by atoms with Crippen molar-refractivity contribution in [1.82, 2.24) is 0 Å². The predicted molar refractivity (Wildman–Crippen MR) is 376 cm³/mol.